The van der Waals surface area contributed by atoms with Crippen LogP contribution in [0.5, 0.6) is 0 Å². The lowest BCUT2D eigenvalue weighted by molar-refractivity contribution is -0.131. The van der Waals surface area contributed by atoms with Crippen molar-refractivity contribution in [1.29, 1.82) is 0 Å². The average Bonchev–Trinajstić information content (AvgIpc) is 2.28. The number of thiol groups is 2. The summed E-state index contributed by atoms with van der Waals surface area (Å²) in [4.78, 5) is 10.1. The van der Waals surface area contributed by atoms with Crippen molar-refractivity contribution < 1.29 is 9.90 Å². The van der Waals surface area contributed by atoms with Gasteiger partial charge in [-0.15, -0.1) is 25.3 Å². The van der Waals surface area contributed by atoms with Gasteiger partial charge in [0.1, 0.15) is 5.03 Å². The molecule has 2 N–H and O–H groups in total. The lowest BCUT2D eigenvalue weighted by atomic mass is 10.6. The topological polar surface area (TPSA) is 52.6 Å². The van der Waals surface area contributed by atoms with Crippen LogP contribution in [0.2, 0.25) is 0 Å². The Labute approximate surface area is 84.6 Å². The van der Waals surface area contributed by atoms with E-state index < -0.39 is 5.97 Å². The standard InChI is InChI=1S/C5H6N2O2S3/c8-3(9)1-2-7-6-4(10)5(11)12-7/h1-2,6,10-11H,(H,8,9). The van der Waals surface area contributed by atoms with E-state index >= 15 is 0 Å². The second kappa shape index (κ2) is 4.01. The van der Waals surface area contributed by atoms with E-state index in [1.165, 1.54) is 22.6 Å². The highest BCUT2D eigenvalue weighted by molar-refractivity contribution is 8.15. The van der Waals surface area contributed by atoms with Crippen LogP contribution in [0.15, 0.2) is 21.5 Å². The summed E-state index contributed by atoms with van der Waals surface area (Å²) in [6.07, 6.45) is 2.40. The van der Waals surface area contributed by atoms with Crippen LogP contribution in [-0.4, -0.2) is 15.5 Å². The molecule has 66 valence electrons. The third-order valence-electron chi connectivity index (χ3n) is 0.956. The van der Waals surface area contributed by atoms with Gasteiger partial charge in [-0.25, -0.2) is 9.21 Å². The normalized spacial score (nSPS) is 17.3. The molecule has 1 aliphatic heterocycles. The first-order valence-electron chi connectivity index (χ1n) is 2.87. The van der Waals surface area contributed by atoms with Crippen molar-refractivity contribution in [3.05, 3.63) is 21.5 Å². The predicted octanol–water partition coefficient (Wildman–Crippen LogP) is 1.04. The van der Waals surface area contributed by atoms with Gasteiger partial charge in [0.15, 0.2) is 0 Å². The van der Waals surface area contributed by atoms with Crippen LogP contribution in [0, 0.1) is 0 Å². The Bertz CT molecular complexity index is 249. The van der Waals surface area contributed by atoms with E-state index in [0.29, 0.717) is 9.27 Å². The van der Waals surface area contributed by atoms with Crippen molar-refractivity contribution in [2.45, 2.75) is 0 Å². The minimum Gasteiger partial charge on any atom is -0.478 e. The molecule has 7 heteroatoms. The zero-order valence-electron chi connectivity index (χ0n) is 5.76. The van der Waals surface area contributed by atoms with Gasteiger partial charge in [0.05, 0.1) is 4.24 Å². The van der Waals surface area contributed by atoms with Crippen LogP contribution < -0.4 is 5.43 Å². The fraction of sp³-hybridized carbons (Fsp3) is 0. The Hall–Kier alpha value is -0.400. The maximum atomic E-state index is 10.1. The molecule has 0 spiro atoms. The minimum absolute atomic E-state index is 0.610. The maximum Gasteiger partial charge on any atom is 0.329 e. The molecule has 0 atom stereocenters. The van der Waals surface area contributed by atoms with Crippen molar-refractivity contribution in [3.8, 4) is 0 Å². The highest BCUT2D eigenvalue weighted by Gasteiger charge is 2.14. The van der Waals surface area contributed by atoms with E-state index in [9.17, 15) is 4.79 Å². The number of carboxylic acids is 1. The average molecular weight is 222 g/mol. The van der Waals surface area contributed by atoms with E-state index in [1.54, 1.807) is 0 Å². The fourth-order valence-electron chi connectivity index (χ4n) is 0.511. The molecule has 0 radical (unpaired) electrons. The molecule has 0 fully saturated rings. The molecule has 4 nitrogen and oxygen atoms in total. The Morgan fingerprint density at radius 3 is 2.75 bits per heavy atom. The van der Waals surface area contributed by atoms with Gasteiger partial charge in [-0.1, -0.05) is 0 Å². The number of nitrogens with one attached hydrogen (secondary N) is 1. The Morgan fingerprint density at radius 2 is 2.33 bits per heavy atom. The van der Waals surface area contributed by atoms with Gasteiger partial charge in [-0.3, -0.25) is 5.43 Å². The molecule has 0 aromatic heterocycles. The number of hydrogen-bond acceptors (Lipinski definition) is 6. The molecule has 0 amide bonds. The number of hydrazine groups is 1. The van der Waals surface area contributed by atoms with Gasteiger partial charge in [-0.2, -0.15) is 0 Å². The number of nitrogens with zero attached hydrogens (tertiary/aromatic N) is 1. The smallest absolute Gasteiger partial charge is 0.329 e. The van der Waals surface area contributed by atoms with E-state index in [-0.39, 0.29) is 0 Å². The third-order valence-corrected chi connectivity index (χ3v) is 2.86. The van der Waals surface area contributed by atoms with Gasteiger partial charge in [0.2, 0.25) is 0 Å². The molecule has 0 unspecified atom stereocenters. The van der Waals surface area contributed by atoms with Crippen LogP contribution in [0.25, 0.3) is 0 Å². The molecule has 0 bridgehead atoms. The van der Waals surface area contributed by atoms with Crippen LogP contribution in [0.4, 0.5) is 0 Å². The molecule has 0 aromatic rings. The summed E-state index contributed by atoms with van der Waals surface area (Å²) in [6.45, 7) is 0. The third kappa shape index (κ3) is 2.58. The predicted molar refractivity (Wildman–Crippen MR) is 54.3 cm³/mol. The quantitative estimate of drug-likeness (QED) is 0.319. The largest absolute Gasteiger partial charge is 0.478 e. The molecule has 0 aliphatic carbocycles. The second-order valence-electron chi connectivity index (χ2n) is 1.84. The van der Waals surface area contributed by atoms with Crippen LogP contribution in [0.3, 0.4) is 0 Å². The molecule has 1 aliphatic rings. The molecule has 0 saturated heterocycles. The van der Waals surface area contributed by atoms with E-state index in [0.717, 1.165) is 6.08 Å². The first-order chi connectivity index (χ1) is 5.59. The van der Waals surface area contributed by atoms with E-state index in [1.807, 2.05) is 0 Å². The summed E-state index contributed by atoms with van der Waals surface area (Å²) in [5.41, 5.74) is 2.77. The highest BCUT2D eigenvalue weighted by atomic mass is 32.2. The number of hydrogen-bond donors (Lipinski definition) is 4. The van der Waals surface area contributed by atoms with Gasteiger partial charge in [-0.05, 0) is 0 Å². The van der Waals surface area contributed by atoms with Crippen molar-refractivity contribution in [3.63, 3.8) is 0 Å². The number of carbonyl (C=O) groups is 1. The molecular weight excluding hydrogens is 216 g/mol. The monoisotopic (exact) mass is 222 g/mol. The Balaban J connectivity index is 2.47. The summed E-state index contributed by atoms with van der Waals surface area (Å²) < 4.78 is 2.20. The SMILES string of the molecule is O=C(O)C=CN1NC(S)=C(S)S1. The molecule has 1 heterocycles. The van der Waals surface area contributed by atoms with Crippen molar-refractivity contribution in [2.75, 3.05) is 0 Å². The lowest BCUT2D eigenvalue weighted by Gasteiger charge is -2.10. The number of carboxylic acid groups (broad SMARTS) is 1. The van der Waals surface area contributed by atoms with E-state index in [2.05, 4.69) is 30.7 Å². The zero-order valence-corrected chi connectivity index (χ0v) is 8.37. The number of rotatable bonds is 2. The lowest BCUT2D eigenvalue weighted by Crippen LogP contribution is -2.19. The summed E-state index contributed by atoms with van der Waals surface area (Å²) in [7, 11) is 0. The second-order valence-corrected chi connectivity index (χ2v) is 4.02. The van der Waals surface area contributed by atoms with Crippen LogP contribution in [0.1, 0.15) is 0 Å². The molecule has 1 rings (SSSR count). The summed E-state index contributed by atoms with van der Waals surface area (Å²) in [5, 5.41) is 8.91. The van der Waals surface area contributed by atoms with Gasteiger partial charge in [0, 0.05) is 24.2 Å². The first-order valence-corrected chi connectivity index (χ1v) is 4.53. The molecule has 0 saturated carbocycles. The number of aliphatic carboxylic acids is 1. The summed E-state index contributed by atoms with van der Waals surface area (Å²) in [5.74, 6) is -0.995. The van der Waals surface area contributed by atoms with Crippen molar-refractivity contribution in [2.24, 2.45) is 0 Å². The molecule has 0 aromatic carbocycles. The Kier molecular flexibility index (Phi) is 3.24. The van der Waals surface area contributed by atoms with Crippen LogP contribution >= 0.6 is 37.2 Å². The highest BCUT2D eigenvalue weighted by Crippen LogP contribution is 2.33. The summed E-state index contributed by atoms with van der Waals surface area (Å²) >= 11 is 9.37. The van der Waals surface area contributed by atoms with Crippen molar-refractivity contribution >= 4 is 43.2 Å². The first kappa shape index (κ1) is 9.69. The molecule has 12 heavy (non-hydrogen) atoms. The zero-order chi connectivity index (χ0) is 9.14. The van der Waals surface area contributed by atoms with Gasteiger partial charge < -0.3 is 5.11 Å². The molecular formula is C5H6N2O2S3. The Morgan fingerprint density at radius 1 is 1.67 bits per heavy atom. The summed E-state index contributed by atoms with van der Waals surface area (Å²) in [6, 6.07) is 0. The van der Waals surface area contributed by atoms with E-state index in [4.69, 9.17) is 5.11 Å². The van der Waals surface area contributed by atoms with Gasteiger partial charge in [0.25, 0.3) is 0 Å². The fourth-order valence-corrected chi connectivity index (χ4v) is 1.70. The van der Waals surface area contributed by atoms with Crippen molar-refractivity contribution in [1.82, 2.24) is 9.84 Å². The van der Waals surface area contributed by atoms with Gasteiger partial charge >= 0.3 is 5.97 Å². The maximum absolute atomic E-state index is 10.1. The van der Waals surface area contributed by atoms with Crippen LogP contribution in [-0.2, 0) is 4.79 Å². The minimum atomic E-state index is -0.995.